The van der Waals surface area contributed by atoms with E-state index in [0.29, 0.717) is 13.0 Å². The molecule has 0 N–H and O–H groups in total. The summed E-state index contributed by atoms with van der Waals surface area (Å²) in [7, 11) is 0. The lowest BCUT2D eigenvalue weighted by Gasteiger charge is -2.27. The van der Waals surface area contributed by atoms with Crippen molar-refractivity contribution >= 4 is 11.6 Å². The van der Waals surface area contributed by atoms with Crippen LogP contribution >= 0.6 is 0 Å². The molecule has 1 unspecified atom stereocenters. The van der Waals surface area contributed by atoms with Gasteiger partial charge in [-0.05, 0) is 43.0 Å². The number of carbonyl (C=O) groups excluding carboxylic acids is 1. The summed E-state index contributed by atoms with van der Waals surface area (Å²) in [4.78, 5) is 18.8. The Bertz CT molecular complexity index is 610. The minimum Gasteiger partial charge on any atom is -0.378 e. The van der Waals surface area contributed by atoms with E-state index in [1.54, 1.807) is 12.4 Å². The normalized spacial score (nSPS) is 17.7. The van der Waals surface area contributed by atoms with E-state index in [9.17, 15) is 4.79 Å². The van der Waals surface area contributed by atoms with Crippen molar-refractivity contribution < 1.29 is 9.53 Å². The maximum absolute atomic E-state index is 12.8. The van der Waals surface area contributed by atoms with Gasteiger partial charge in [-0.1, -0.05) is 24.3 Å². The molecule has 2 aromatic rings. The van der Waals surface area contributed by atoms with Gasteiger partial charge in [-0.3, -0.25) is 9.78 Å². The van der Waals surface area contributed by atoms with Crippen LogP contribution in [0.2, 0.25) is 0 Å². The number of hydrogen-bond donors (Lipinski definition) is 0. The second kappa shape index (κ2) is 7.88. The van der Waals surface area contributed by atoms with Crippen LogP contribution in [0.3, 0.4) is 0 Å². The Hall–Kier alpha value is -2.20. The summed E-state index contributed by atoms with van der Waals surface area (Å²) in [5.41, 5.74) is 1.94. The molecule has 2 heterocycles. The minimum atomic E-state index is 0.0522. The van der Waals surface area contributed by atoms with Gasteiger partial charge in [0.2, 0.25) is 5.91 Å². The van der Waals surface area contributed by atoms with Crippen molar-refractivity contribution in [1.82, 2.24) is 4.98 Å². The molecule has 4 nitrogen and oxygen atoms in total. The summed E-state index contributed by atoms with van der Waals surface area (Å²) in [5.74, 6) is 0.104. The highest BCUT2D eigenvalue weighted by molar-refractivity contribution is 5.93. The summed E-state index contributed by atoms with van der Waals surface area (Å²) in [6, 6.07) is 13.7. The van der Waals surface area contributed by atoms with Crippen LogP contribution in [-0.2, 0) is 16.1 Å². The fraction of sp³-hybridized carbons (Fsp3) is 0.368. The average Bonchev–Trinajstić information content (AvgIpc) is 2.62. The Morgan fingerprint density at radius 2 is 2.04 bits per heavy atom. The summed E-state index contributed by atoms with van der Waals surface area (Å²) in [5, 5.41) is 0. The highest BCUT2D eigenvalue weighted by atomic mass is 16.5. The smallest absolute Gasteiger partial charge is 0.229 e. The largest absolute Gasteiger partial charge is 0.378 e. The number of ether oxygens (including phenoxy) is 1. The zero-order chi connectivity index (χ0) is 15.9. The Kier molecular flexibility index (Phi) is 5.37. The van der Waals surface area contributed by atoms with Crippen molar-refractivity contribution in [2.24, 2.45) is 0 Å². The van der Waals surface area contributed by atoms with Gasteiger partial charge in [0.1, 0.15) is 0 Å². The monoisotopic (exact) mass is 310 g/mol. The van der Waals surface area contributed by atoms with Gasteiger partial charge in [0, 0.05) is 24.7 Å². The second-order valence-corrected chi connectivity index (χ2v) is 5.87. The molecule has 4 heteroatoms. The number of aromatic nitrogens is 1. The molecule has 120 valence electrons. The predicted octanol–water partition coefficient (Wildman–Crippen LogP) is 3.57. The average molecular weight is 310 g/mol. The van der Waals surface area contributed by atoms with Crippen LogP contribution in [0, 0.1) is 0 Å². The third-order valence-corrected chi connectivity index (χ3v) is 4.11. The van der Waals surface area contributed by atoms with Crippen molar-refractivity contribution in [2.75, 3.05) is 11.5 Å². The fourth-order valence-electron chi connectivity index (χ4n) is 2.88. The molecule has 1 aliphatic rings. The van der Waals surface area contributed by atoms with E-state index >= 15 is 0 Å². The molecule has 0 aliphatic carbocycles. The third-order valence-electron chi connectivity index (χ3n) is 4.11. The molecule has 3 rings (SSSR count). The van der Waals surface area contributed by atoms with Crippen LogP contribution < -0.4 is 4.90 Å². The first-order chi connectivity index (χ1) is 11.3. The Morgan fingerprint density at radius 1 is 1.17 bits per heavy atom. The first-order valence-electron chi connectivity index (χ1n) is 8.19. The van der Waals surface area contributed by atoms with E-state index in [2.05, 4.69) is 4.98 Å². The van der Waals surface area contributed by atoms with Crippen molar-refractivity contribution in [2.45, 2.75) is 38.3 Å². The number of pyridine rings is 1. The number of benzene rings is 1. The SMILES string of the molecule is O=C(CC1CCCCO1)N(Cc1cccnc1)c1ccccc1. The molecular weight excluding hydrogens is 288 g/mol. The Morgan fingerprint density at radius 3 is 2.74 bits per heavy atom. The minimum absolute atomic E-state index is 0.0522. The number of anilines is 1. The standard InChI is InChI=1S/C19H22N2O2/c22-19(13-18-10-4-5-12-23-18)21(17-8-2-1-3-9-17)15-16-7-6-11-20-14-16/h1-3,6-9,11,14,18H,4-5,10,12-13,15H2. The summed E-state index contributed by atoms with van der Waals surface area (Å²) in [6.45, 7) is 1.30. The van der Waals surface area contributed by atoms with E-state index in [1.807, 2.05) is 47.4 Å². The van der Waals surface area contributed by atoms with E-state index < -0.39 is 0 Å². The number of hydrogen-bond acceptors (Lipinski definition) is 3. The molecular formula is C19H22N2O2. The molecule has 1 aromatic heterocycles. The lowest BCUT2D eigenvalue weighted by atomic mass is 10.1. The number of amides is 1. The quantitative estimate of drug-likeness (QED) is 0.848. The van der Waals surface area contributed by atoms with E-state index in [1.165, 1.54) is 0 Å². The van der Waals surface area contributed by atoms with Gasteiger partial charge < -0.3 is 9.64 Å². The summed E-state index contributed by atoms with van der Waals surface area (Å²) >= 11 is 0. The molecule has 1 fully saturated rings. The predicted molar refractivity (Wildman–Crippen MR) is 90.1 cm³/mol. The van der Waals surface area contributed by atoms with Crippen LogP contribution in [0.4, 0.5) is 5.69 Å². The molecule has 23 heavy (non-hydrogen) atoms. The van der Waals surface area contributed by atoms with Crippen LogP contribution in [0.15, 0.2) is 54.9 Å². The summed E-state index contributed by atoms with van der Waals surface area (Å²) in [6.07, 6.45) is 7.26. The molecule has 0 saturated carbocycles. The zero-order valence-corrected chi connectivity index (χ0v) is 13.2. The van der Waals surface area contributed by atoms with Gasteiger partial charge in [-0.2, -0.15) is 0 Å². The molecule has 1 saturated heterocycles. The van der Waals surface area contributed by atoms with Gasteiger partial charge in [-0.25, -0.2) is 0 Å². The van der Waals surface area contributed by atoms with E-state index in [-0.39, 0.29) is 12.0 Å². The highest BCUT2D eigenvalue weighted by Gasteiger charge is 2.22. The van der Waals surface area contributed by atoms with Gasteiger partial charge in [-0.15, -0.1) is 0 Å². The van der Waals surface area contributed by atoms with E-state index in [4.69, 9.17) is 4.74 Å². The number of rotatable bonds is 5. The van der Waals surface area contributed by atoms with Crippen LogP contribution in [0.25, 0.3) is 0 Å². The molecule has 0 bridgehead atoms. The third kappa shape index (κ3) is 4.39. The van der Waals surface area contributed by atoms with Gasteiger partial charge in [0.25, 0.3) is 0 Å². The first-order valence-corrected chi connectivity index (χ1v) is 8.19. The Balaban J connectivity index is 1.75. The zero-order valence-electron chi connectivity index (χ0n) is 13.2. The molecule has 0 radical (unpaired) electrons. The van der Waals surface area contributed by atoms with Gasteiger partial charge >= 0.3 is 0 Å². The Labute approximate surface area is 137 Å². The lowest BCUT2D eigenvalue weighted by Crippen LogP contribution is -2.34. The molecule has 0 spiro atoms. The maximum Gasteiger partial charge on any atom is 0.229 e. The van der Waals surface area contributed by atoms with Crippen LogP contribution in [0.5, 0.6) is 0 Å². The number of para-hydroxylation sites is 1. The van der Waals surface area contributed by atoms with Gasteiger partial charge in [0.05, 0.1) is 19.1 Å². The van der Waals surface area contributed by atoms with Crippen molar-refractivity contribution in [1.29, 1.82) is 0 Å². The molecule has 1 amide bonds. The maximum atomic E-state index is 12.8. The highest BCUT2D eigenvalue weighted by Crippen LogP contribution is 2.21. The van der Waals surface area contributed by atoms with Crippen molar-refractivity contribution in [3.05, 3.63) is 60.4 Å². The van der Waals surface area contributed by atoms with Crippen LogP contribution in [0.1, 0.15) is 31.2 Å². The molecule has 1 aliphatic heterocycles. The van der Waals surface area contributed by atoms with E-state index in [0.717, 1.165) is 37.1 Å². The van der Waals surface area contributed by atoms with Crippen molar-refractivity contribution in [3.8, 4) is 0 Å². The molecule has 1 aromatic carbocycles. The first kappa shape index (κ1) is 15.7. The molecule has 1 atom stereocenters. The number of nitrogens with zero attached hydrogens (tertiary/aromatic N) is 2. The van der Waals surface area contributed by atoms with Gasteiger partial charge in [0.15, 0.2) is 0 Å². The number of carbonyl (C=O) groups is 1. The van der Waals surface area contributed by atoms with Crippen LogP contribution in [-0.4, -0.2) is 23.6 Å². The second-order valence-electron chi connectivity index (χ2n) is 5.87. The van der Waals surface area contributed by atoms with Crippen molar-refractivity contribution in [3.63, 3.8) is 0 Å². The summed E-state index contributed by atoms with van der Waals surface area (Å²) < 4.78 is 5.72. The lowest BCUT2D eigenvalue weighted by molar-refractivity contribution is -0.122. The topological polar surface area (TPSA) is 42.4 Å². The fourth-order valence-corrected chi connectivity index (χ4v) is 2.88.